The molecule has 0 aliphatic heterocycles. The molecule has 0 saturated heterocycles. The predicted molar refractivity (Wildman–Crippen MR) is 78.2 cm³/mol. The standard InChI is InChI=1S/C13H13BrN2O2S/c1-9(18-11-5-3-2-4-10(11)14)13(17)16-8-12-15-6-7-19-12/h2-7,9H,8H2,1H3,(H,16,17). The van der Waals surface area contributed by atoms with Gasteiger partial charge in [0.15, 0.2) is 6.10 Å². The Hall–Kier alpha value is -1.40. The van der Waals surface area contributed by atoms with Crippen LogP contribution >= 0.6 is 27.3 Å². The molecule has 0 fully saturated rings. The summed E-state index contributed by atoms with van der Waals surface area (Å²) >= 11 is 4.89. The van der Waals surface area contributed by atoms with Gasteiger partial charge in [0.05, 0.1) is 11.0 Å². The van der Waals surface area contributed by atoms with Gasteiger partial charge in [-0.3, -0.25) is 4.79 Å². The van der Waals surface area contributed by atoms with E-state index in [1.165, 1.54) is 11.3 Å². The number of amides is 1. The maximum absolute atomic E-state index is 11.9. The third-order valence-electron chi connectivity index (χ3n) is 2.41. The van der Waals surface area contributed by atoms with E-state index < -0.39 is 6.10 Å². The number of nitrogens with one attached hydrogen (secondary N) is 1. The quantitative estimate of drug-likeness (QED) is 0.910. The zero-order valence-corrected chi connectivity index (χ0v) is 12.7. The highest BCUT2D eigenvalue weighted by atomic mass is 79.9. The molecule has 1 unspecified atom stereocenters. The Morgan fingerprint density at radius 1 is 1.53 bits per heavy atom. The van der Waals surface area contributed by atoms with E-state index in [4.69, 9.17) is 4.74 Å². The molecule has 0 spiro atoms. The van der Waals surface area contributed by atoms with E-state index in [1.807, 2.05) is 29.6 Å². The first-order chi connectivity index (χ1) is 9.16. The number of benzene rings is 1. The van der Waals surface area contributed by atoms with Gasteiger partial charge in [-0.05, 0) is 35.0 Å². The number of halogens is 1. The van der Waals surface area contributed by atoms with Crippen molar-refractivity contribution in [2.24, 2.45) is 0 Å². The van der Waals surface area contributed by atoms with Crippen LogP contribution in [0, 0.1) is 0 Å². The molecule has 1 N–H and O–H groups in total. The van der Waals surface area contributed by atoms with Gasteiger partial charge in [-0.25, -0.2) is 4.98 Å². The number of hydrogen-bond acceptors (Lipinski definition) is 4. The predicted octanol–water partition coefficient (Wildman–Crippen LogP) is 2.99. The summed E-state index contributed by atoms with van der Waals surface area (Å²) in [6.07, 6.45) is 1.16. The number of aromatic nitrogens is 1. The SMILES string of the molecule is CC(Oc1ccccc1Br)C(=O)NCc1nccs1. The van der Waals surface area contributed by atoms with Gasteiger partial charge in [0, 0.05) is 11.6 Å². The van der Waals surface area contributed by atoms with Crippen LogP contribution in [-0.2, 0) is 11.3 Å². The smallest absolute Gasteiger partial charge is 0.261 e. The largest absolute Gasteiger partial charge is 0.480 e. The van der Waals surface area contributed by atoms with Crippen molar-refractivity contribution in [2.75, 3.05) is 0 Å². The van der Waals surface area contributed by atoms with Crippen LogP contribution in [0.3, 0.4) is 0 Å². The molecule has 1 heterocycles. The zero-order chi connectivity index (χ0) is 13.7. The van der Waals surface area contributed by atoms with Crippen molar-refractivity contribution in [1.82, 2.24) is 10.3 Å². The summed E-state index contributed by atoms with van der Waals surface area (Å²) in [5, 5.41) is 5.55. The first-order valence-electron chi connectivity index (χ1n) is 5.74. The summed E-state index contributed by atoms with van der Waals surface area (Å²) in [5.74, 6) is 0.491. The average Bonchev–Trinajstić information content (AvgIpc) is 2.91. The number of ether oxygens (including phenoxy) is 1. The van der Waals surface area contributed by atoms with Crippen molar-refractivity contribution in [2.45, 2.75) is 19.6 Å². The lowest BCUT2D eigenvalue weighted by Crippen LogP contribution is -2.35. The van der Waals surface area contributed by atoms with Gasteiger partial charge in [-0.2, -0.15) is 0 Å². The Morgan fingerprint density at radius 2 is 2.32 bits per heavy atom. The van der Waals surface area contributed by atoms with Crippen molar-refractivity contribution >= 4 is 33.2 Å². The van der Waals surface area contributed by atoms with Gasteiger partial charge < -0.3 is 10.1 Å². The molecular formula is C13H13BrN2O2S. The maximum Gasteiger partial charge on any atom is 0.261 e. The lowest BCUT2D eigenvalue weighted by molar-refractivity contribution is -0.127. The Morgan fingerprint density at radius 3 is 3.00 bits per heavy atom. The summed E-state index contributed by atoms with van der Waals surface area (Å²) in [5.41, 5.74) is 0. The van der Waals surface area contributed by atoms with E-state index in [1.54, 1.807) is 13.1 Å². The molecule has 0 aliphatic rings. The van der Waals surface area contributed by atoms with E-state index in [0.717, 1.165) is 9.48 Å². The third kappa shape index (κ3) is 4.04. The maximum atomic E-state index is 11.9. The Bertz CT molecular complexity index is 545. The molecule has 4 nitrogen and oxygen atoms in total. The van der Waals surface area contributed by atoms with Crippen LogP contribution < -0.4 is 10.1 Å². The van der Waals surface area contributed by atoms with Gasteiger partial charge in [0.25, 0.3) is 5.91 Å². The van der Waals surface area contributed by atoms with E-state index in [0.29, 0.717) is 12.3 Å². The van der Waals surface area contributed by atoms with Gasteiger partial charge in [-0.1, -0.05) is 12.1 Å². The third-order valence-corrected chi connectivity index (χ3v) is 3.84. The number of thiazole rings is 1. The van der Waals surface area contributed by atoms with Crippen molar-refractivity contribution < 1.29 is 9.53 Å². The van der Waals surface area contributed by atoms with Crippen LogP contribution in [-0.4, -0.2) is 17.0 Å². The van der Waals surface area contributed by atoms with Crippen LogP contribution in [0.5, 0.6) is 5.75 Å². The lowest BCUT2D eigenvalue weighted by atomic mass is 10.3. The molecule has 1 aromatic heterocycles. The second-order valence-electron chi connectivity index (χ2n) is 3.83. The second-order valence-corrected chi connectivity index (χ2v) is 5.67. The van der Waals surface area contributed by atoms with Gasteiger partial charge >= 0.3 is 0 Å². The molecule has 1 aromatic carbocycles. The van der Waals surface area contributed by atoms with Crippen LogP contribution in [0.2, 0.25) is 0 Å². The highest BCUT2D eigenvalue weighted by Crippen LogP contribution is 2.24. The van der Waals surface area contributed by atoms with Crippen molar-refractivity contribution in [3.05, 3.63) is 45.3 Å². The van der Waals surface area contributed by atoms with Crippen LogP contribution in [0.1, 0.15) is 11.9 Å². The summed E-state index contributed by atoms with van der Waals surface area (Å²) in [6.45, 7) is 2.15. The number of nitrogens with zero attached hydrogens (tertiary/aromatic N) is 1. The number of para-hydroxylation sites is 1. The number of carbonyl (C=O) groups excluding carboxylic acids is 1. The summed E-state index contributed by atoms with van der Waals surface area (Å²) < 4.78 is 6.43. The van der Waals surface area contributed by atoms with E-state index in [2.05, 4.69) is 26.2 Å². The fourth-order valence-electron chi connectivity index (χ4n) is 1.43. The molecule has 2 rings (SSSR count). The number of hydrogen-bond donors (Lipinski definition) is 1. The second kappa shape index (κ2) is 6.68. The Labute approximate surface area is 124 Å². The summed E-state index contributed by atoms with van der Waals surface area (Å²) in [6, 6.07) is 7.44. The number of rotatable bonds is 5. The van der Waals surface area contributed by atoms with E-state index in [9.17, 15) is 4.79 Å². The van der Waals surface area contributed by atoms with E-state index in [-0.39, 0.29) is 5.91 Å². The van der Waals surface area contributed by atoms with Crippen molar-refractivity contribution in [1.29, 1.82) is 0 Å². The topological polar surface area (TPSA) is 51.2 Å². The molecule has 0 saturated carbocycles. The molecular weight excluding hydrogens is 328 g/mol. The summed E-state index contributed by atoms with van der Waals surface area (Å²) in [7, 11) is 0. The minimum absolute atomic E-state index is 0.161. The minimum atomic E-state index is -0.557. The average molecular weight is 341 g/mol. The monoisotopic (exact) mass is 340 g/mol. The molecule has 19 heavy (non-hydrogen) atoms. The molecule has 0 aliphatic carbocycles. The first-order valence-corrected chi connectivity index (χ1v) is 7.41. The van der Waals surface area contributed by atoms with Gasteiger partial charge in [0.2, 0.25) is 0 Å². The van der Waals surface area contributed by atoms with Crippen LogP contribution in [0.25, 0.3) is 0 Å². The zero-order valence-electron chi connectivity index (χ0n) is 10.3. The molecule has 2 aromatic rings. The van der Waals surface area contributed by atoms with Crippen LogP contribution in [0.4, 0.5) is 0 Å². The highest BCUT2D eigenvalue weighted by molar-refractivity contribution is 9.10. The minimum Gasteiger partial charge on any atom is -0.480 e. The van der Waals surface area contributed by atoms with Gasteiger partial charge in [-0.15, -0.1) is 11.3 Å². The van der Waals surface area contributed by atoms with Gasteiger partial charge in [0.1, 0.15) is 10.8 Å². The molecule has 1 amide bonds. The molecule has 0 bridgehead atoms. The lowest BCUT2D eigenvalue weighted by Gasteiger charge is -2.15. The molecule has 1 atom stereocenters. The van der Waals surface area contributed by atoms with Crippen LogP contribution in [0.15, 0.2) is 40.3 Å². The first kappa shape index (κ1) is 14.0. The summed E-state index contributed by atoms with van der Waals surface area (Å²) in [4.78, 5) is 16.0. The van der Waals surface area contributed by atoms with Crippen molar-refractivity contribution in [3.8, 4) is 5.75 Å². The molecule has 6 heteroatoms. The Kier molecular flexibility index (Phi) is 4.93. The van der Waals surface area contributed by atoms with E-state index >= 15 is 0 Å². The van der Waals surface area contributed by atoms with Crippen molar-refractivity contribution in [3.63, 3.8) is 0 Å². The number of carbonyl (C=O) groups is 1. The highest BCUT2D eigenvalue weighted by Gasteiger charge is 2.15. The Balaban J connectivity index is 1.87. The normalized spacial score (nSPS) is 11.9. The molecule has 100 valence electrons. The molecule has 0 radical (unpaired) electrons. The fourth-order valence-corrected chi connectivity index (χ4v) is 2.37. The fraction of sp³-hybridized carbons (Fsp3) is 0.231.